The zero-order valence-electron chi connectivity index (χ0n) is 38.4. The Morgan fingerprint density at radius 3 is 1.65 bits per heavy atom. The molecule has 8 amide bonds. The summed E-state index contributed by atoms with van der Waals surface area (Å²) in [5.74, 6) is -9.19. The molecule has 1 heterocycles. The number of aliphatic hydroxyl groups is 1. The van der Waals surface area contributed by atoms with Gasteiger partial charge in [-0.15, -0.1) is 0 Å². The number of amides is 8. The predicted octanol–water partition coefficient (Wildman–Crippen LogP) is -2.26. The fourth-order valence-electron chi connectivity index (χ4n) is 6.92. The van der Waals surface area contributed by atoms with Crippen molar-refractivity contribution in [1.82, 2.24) is 42.1 Å². The molecule has 1 saturated heterocycles. The molecule has 23 heteroatoms. The number of likely N-dealkylation sites (tertiary alicyclic amines) is 1. The highest BCUT2D eigenvalue weighted by Gasteiger charge is 2.39. The molecule has 0 aliphatic carbocycles. The van der Waals surface area contributed by atoms with Gasteiger partial charge in [0.1, 0.15) is 60.1 Å². The standard InChI is InChI=1S/C43H67N9O14/c1-21(2)17-30(50-37(59)28(44)20-53)39(61)46-24(6)36(58)49-31(19-26-10-12-27(54)13-11-26)40(62)45-23(5)35(57)47-25(7)42(64)52-16-8-9-33(52)41(63)48-29(14-15-34(55)56)38(60)51-32(43(65)66)18-22(3)4/h10-13,21-25,28-33,53-54H,8-9,14-20,44H2,1-7H3,(H,45,62)(H,46,61)(H,47,57)(H,48,63)(H,49,58)(H,50,59)(H,51,60)(H,55,56)(H,65,66)/t23-,24-,25-,28-,29-,30-,31-,32-,33-/m0/s1. The topological polar surface area (TPSA) is 365 Å². The summed E-state index contributed by atoms with van der Waals surface area (Å²) >= 11 is 0. The third-order valence-electron chi connectivity index (χ3n) is 10.6. The van der Waals surface area contributed by atoms with Crippen molar-refractivity contribution in [2.75, 3.05) is 13.2 Å². The summed E-state index contributed by atoms with van der Waals surface area (Å²) < 4.78 is 0. The Bertz CT molecular complexity index is 1900. The third kappa shape index (κ3) is 18.3. The van der Waals surface area contributed by atoms with E-state index in [0.717, 1.165) is 0 Å². The van der Waals surface area contributed by atoms with E-state index in [9.17, 15) is 68.4 Å². The number of carbonyl (C=O) groups is 10. The lowest BCUT2D eigenvalue weighted by molar-refractivity contribution is -0.144. The van der Waals surface area contributed by atoms with Gasteiger partial charge in [0, 0.05) is 19.4 Å². The van der Waals surface area contributed by atoms with Crippen LogP contribution in [0.5, 0.6) is 5.75 Å². The minimum atomic E-state index is -1.44. The highest BCUT2D eigenvalue weighted by Crippen LogP contribution is 2.20. The molecule has 1 fully saturated rings. The van der Waals surface area contributed by atoms with Crippen LogP contribution in [0.3, 0.4) is 0 Å². The zero-order chi connectivity index (χ0) is 50.0. The van der Waals surface area contributed by atoms with Crippen LogP contribution in [0.25, 0.3) is 0 Å². The molecular formula is C43H67N9O14. The van der Waals surface area contributed by atoms with Crippen molar-refractivity contribution in [2.45, 2.75) is 148 Å². The van der Waals surface area contributed by atoms with Crippen LogP contribution < -0.4 is 43.0 Å². The Morgan fingerprint density at radius 1 is 0.636 bits per heavy atom. The van der Waals surface area contributed by atoms with Crippen LogP contribution in [0.4, 0.5) is 0 Å². The maximum atomic E-state index is 13.7. The maximum Gasteiger partial charge on any atom is 0.326 e. The number of carbonyl (C=O) groups excluding carboxylic acids is 8. The van der Waals surface area contributed by atoms with Crippen LogP contribution in [0.1, 0.15) is 92.6 Å². The molecule has 368 valence electrons. The van der Waals surface area contributed by atoms with Gasteiger partial charge in [-0.05, 0) is 82.4 Å². The summed E-state index contributed by atoms with van der Waals surface area (Å²) in [5, 5.41) is 55.3. The van der Waals surface area contributed by atoms with Crippen LogP contribution in [0.2, 0.25) is 0 Å². The van der Waals surface area contributed by atoms with E-state index in [1.54, 1.807) is 27.7 Å². The highest BCUT2D eigenvalue weighted by molar-refractivity contribution is 5.98. The quantitative estimate of drug-likeness (QED) is 0.0467. The molecule has 0 unspecified atom stereocenters. The maximum absolute atomic E-state index is 13.7. The number of aromatic hydroxyl groups is 1. The number of aliphatic carboxylic acids is 2. The van der Waals surface area contributed by atoms with Crippen molar-refractivity contribution in [1.29, 1.82) is 0 Å². The molecule has 13 N–H and O–H groups in total. The first-order valence-corrected chi connectivity index (χ1v) is 21.9. The second kappa shape index (κ2) is 26.6. The lowest BCUT2D eigenvalue weighted by atomic mass is 10.0. The normalized spacial score (nSPS) is 17.1. The van der Waals surface area contributed by atoms with Gasteiger partial charge in [-0.1, -0.05) is 39.8 Å². The summed E-state index contributed by atoms with van der Waals surface area (Å²) in [6.45, 7) is 10.6. The average molecular weight is 934 g/mol. The number of nitrogens with two attached hydrogens (primary N) is 1. The number of hydrogen-bond acceptors (Lipinski definition) is 13. The van der Waals surface area contributed by atoms with E-state index < -0.39 is 127 Å². The van der Waals surface area contributed by atoms with E-state index in [-0.39, 0.29) is 56.2 Å². The SMILES string of the molecule is CC(C)C[C@H](NC(=O)[C@H](CCC(=O)O)NC(=O)[C@@H]1CCCN1C(=O)[C@H](C)NC(=O)[C@H](C)NC(=O)[C@H](Cc1ccc(O)cc1)NC(=O)[C@H](C)NC(=O)[C@H](CC(C)C)NC(=O)[C@@H](N)CO)C(=O)O. The minimum Gasteiger partial charge on any atom is -0.508 e. The van der Waals surface area contributed by atoms with Crippen LogP contribution in [0.15, 0.2) is 24.3 Å². The summed E-state index contributed by atoms with van der Waals surface area (Å²) in [6.07, 6.45) is -0.268. The number of phenolic OH excluding ortho intramolecular Hbond substituents is 1. The molecule has 1 aromatic carbocycles. The summed E-state index contributed by atoms with van der Waals surface area (Å²) in [7, 11) is 0. The number of phenols is 1. The molecule has 2 rings (SSSR count). The average Bonchev–Trinajstić information content (AvgIpc) is 3.74. The van der Waals surface area contributed by atoms with E-state index in [2.05, 4.69) is 37.2 Å². The molecule has 1 aromatic rings. The third-order valence-corrected chi connectivity index (χ3v) is 10.6. The first kappa shape index (κ1) is 55.8. The van der Waals surface area contributed by atoms with Crippen molar-refractivity contribution in [2.24, 2.45) is 17.6 Å². The molecule has 1 aliphatic heterocycles. The summed E-state index contributed by atoms with van der Waals surface area (Å²) in [5.41, 5.74) is 6.09. The second-order valence-corrected chi connectivity index (χ2v) is 17.3. The number of benzene rings is 1. The van der Waals surface area contributed by atoms with Gasteiger partial charge in [0.05, 0.1) is 6.61 Å². The fraction of sp³-hybridized carbons (Fsp3) is 0.628. The molecule has 9 atom stereocenters. The van der Waals surface area contributed by atoms with Gasteiger partial charge in [0.15, 0.2) is 0 Å². The predicted molar refractivity (Wildman–Crippen MR) is 236 cm³/mol. The number of rotatable bonds is 26. The smallest absolute Gasteiger partial charge is 0.326 e. The number of nitrogens with zero attached hydrogens (tertiary/aromatic N) is 1. The Balaban J connectivity index is 2.17. The Morgan fingerprint density at radius 2 is 1.12 bits per heavy atom. The van der Waals surface area contributed by atoms with E-state index in [0.29, 0.717) is 12.0 Å². The van der Waals surface area contributed by atoms with Gasteiger partial charge >= 0.3 is 11.9 Å². The summed E-state index contributed by atoms with van der Waals surface area (Å²) in [4.78, 5) is 131. The number of carboxylic acids is 2. The molecule has 0 radical (unpaired) electrons. The van der Waals surface area contributed by atoms with Crippen molar-refractivity contribution >= 4 is 59.2 Å². The second-order valence-electron chi connectivity index (χ2n) is 17.3. The van der Waals surface area contributed by atoms with Crippen molar-refractivity contribution in [3.05, 3.63) is 29.8 Å². The monoisotopic (exact) mass is 933 g/mol. The molecule has 1 aliphatic rings. The number of nitrogens with one attached hydrogen (secondary N) is 7. The van der Waals surface area contributed by atoms with Crippen LogP contribution >= 0.6 is 0 Å². The number of carboxylic acid groups (broad SMARTS) is 2. The molecule has 0 spiro atoms. The van der Waals surface area contributed by atoms with Crippen LogP contribution in [0, 0.1) is 11.8 Å². The van der Waals surface area contributed by atoms with E-state index in [4.69, 9.17) is 5.73 Å². The van der Waals surface area contributed by atoms with Gasteiger partial charge in [-0.25, -0.2) is 4.79 Å². The molecule has 0 saturated carbocycles. The van der Waals surface area contributed by atoms with Crippen molar-refractivity contribution in [3.8, 4) is 5.75 Å². The zero-order valence-corrected chi connectivity index (χ0v) is 38.4. The molecule has 0 aromatic heterocycles. The van der Waals surface area contributed by atoms with E-state index in [1.807, 2.05) is 0 Å². The Kier molecular flexibility index (Phi) is 22.4. The molecule has 66 heavy (non-hydrogen) atoms. The first-order chi connectivity index (χ1) is 30.8. The first-order valence-electron chi connectivity index (χ1n) is 21.9. The highest BCUT2D eigenvalue weighted by atomic mass is 16.4. The van der Waals surface area contributed by atoms with Gasteiger partial charge in [0.2, 0.25) is 47.3 Å². The fourth-order valence-corrected chi connectivity index (χ4v) is 6.92. The molecular weight excluding hydrogens is 867 g/mol. The Labute approximate surface area is 383 Å². The van der Waals surface area contributed by atoms with Gasteiger partial charge < -0.3 is 68.3 Å². The van der Waals surface area contributed by atoms with Crippen molar-refractivity contribution in [3.63, 3.8) is 0 Å². The van der Waals surface area contributed by atoms with Gasteiger partial charge in [-0.3, -0.25) is 43.2 Å². The molecule has 0 bridgehead atoms. The summed E-state index contributed by atoms with van der Waals surface area (Å²) in [6, 6.07) is -5.66. The minimum absolute atomic E-state index is 0.0616. The number of hydrogen-bond donors (Lipinski definition) is 12. The Hall–Kier alpha value is -6.36. The number of aliphatic hydroxyl groups excluding tert-OH is 1. The van der Waals surface area contributed by atoms with Gasteiger partial charge in [0.25, 0.3) is 0 Å². The van der Waals surface area contributed by atoms with E-state index in [1.165, 1.54) is 49.9 Å². The lowest BCUT2D eigenvalue weighted by Crippen LogP contribution is -2.59. The van der Waals surface area contributed by atoms with E-state index >= 15 is 0 Å². The van der Waals surface area contributed by atoms with Gasteiger partial charge in [-0.2, -0.15) is 0 Å². The lowest BCUT2D eigenvalue weighted by Gasteiger charge is -2.29. The largest absolute Gasteiger partial charge is 0.508 e. The van der Waals surface area contributed by atoms with Crippen LogP contribution in [-0.4, -0.2) is 152 Å². The van der Waals surface area contributed by atoms with Crippen LogP contribution in [-0.2, 0) is 54.4 Å². The van der Waals surface area contributed by atoms with Crippen molar-refractivity contribution < 1.29 is 68.4 Å². The molecule has 23 nitrogen and oxygen atoms in total.